The number of nitrogens with one attached hydrogen (secondary N) is 2. The number of rotatable bonds is 4. The number of aromatic nitrogens is 2. The third-order valence-electron chi connectivity index (χ3n) is 4.39. The number of para-hydroxylation sites is 1. The summed E-state index contributed by atoms with van der Waals surface area (Å²) in [6.45, 7) is 1.90. The maximum atomic E-state index is 12.7. The van der Waals surface area contributed by atoms with Crippen molar-refractivity contribution in [1.82, 2.24) is 20.4 Å². The van der Waals surface area contributed by atoms with Crippen LogP contribution in [-0.2, 0) is 0 Å². The number of hydrogen-bond acceptors (Lipinski definition) is 4. The number of nitrogens with zero attached hydrogens (tertiary/aromatic N) is 2. The predicted molar refractivity (Wildman–Crippen MR) is 100 cm³/mol. The van der Waals surface area contributed by atoms with Gasteiger partial charge in [-0.05, 0) is 55.6 Å². The van der Waals surface area contributed by atoms with Crippen molar-refractivity contribution in [2.24, 2.45) is 0 Å². The van der Waals surface area contributed by atoms with Crippen LogP contribution >= 0.6 is 11.3 Å². The summed E-state index contributed by atoms with van der Waals surface area (Å²) in [6, 6.07) is 16.1. The average Bonchev–Trinajstić information content (AvgIpc) is 3.33. The van der Waals surface area contributed by atoms with Crippen molar-refractivity contribution in [1.29, 1.82) is 0 Å². The molecule has 1 aliphatic rings. The van der Waals surface area contributed by atoms with Gasteiger partial charge in [0.15, 0.2) is 5.69 Å². The fourth-order valence-electron chi connectivity index (χ4n) is 3.08. The molecule has 0 bridgehead atoms. The van der Waals surface area contributed by atoms with Crippen LogP contribution in [0.2, 0.25) is 0 Å². The number of benzene rings is 1. The molecule has 1 aromatic carbocycles. The van der Waals surface area contributed by atoms with Crippen molar-refractivity contribution >= 4 is 17.2 Å². The van der Waals surface area contributed by atoms with E-state index in [2.05, 4.69) is 21.8 Å². The predicted octanol–water partition coefficient (Wildman–Crippen LogP) is 3.08. The van der Waals surface area contributed by atoms with Gasteiger partial charge in [-0.2, -0.15) is 5.10 Å². The standard InChI is InChI=1S/C19H20N4OS/c24-19(21-14-8-10-20-11-9-14)16-13-17(18-7-4-12-25-18)23(22-16)15-5-2-1-3-6-15/h1-7,12-14,20H,8-11H2,(H,21,24). The Kier molecular flexibility index (Phi) is 4.63. The minimum absolute atomic E-state index is 0.0978. The van der Waals surface area contributed by atoms with Gasteiger partial charge in [0.25, 0.3) is 5.91 Å². The molecule has 5 nitrogen and oxygen atoms in total. The van der Waals surface area contributed by atoms with Crippen LogP contribution in [0.4, 0.5) is 0 Å². The molecule has 0 atom stereocenters. The molecule has 1 fully saturated rings. The Bertz CT molecular complexity index is 836. The van der Waals surface area contributed by atoms with Crippen molar-refractivity contribution in [2.75, 3.05) is 13.1 Å². The minimum Gasteiger partial charge on any atom is -0.348 e. The van der Waals surface area contributed by atoms with Crippen LogP contribution in [0.1, 0.15) is 23.3 Å². The highest BCUT2D eigenvalue weighted by molar-refractivity contribution is 7.13. The fourth-order valence-corrected chi connectivity index (χ4v) is 3.81. The summed E-state index contributed by atoms with van der Waals surface area (Å²) < 4.78 is 1.85. The highest BCUT2D eigenvalue weighted by Crippen LogP contribution is 2.28. The van der Waals surface area contributed by atoms with Crippen molar-refractivity contribution < 1.29 is 4.79 Å². The lowest BCUT2D eigenvalue weighted by atomic mass is 10.1. The minimum atomic E-state index is -0.0978. The van der Waals surface area contributed by atoms with Gasteiger partial charge >= 0.3 is 0 Å². The first kappa shape index (κ1) is 16.1. The topological polar surface area (TPSA) is 59.0 Å². The molecule has 25 heavy (non-hydrogen) atoms. The molecule has 1 amide bonds. The van der Waals surface area contributed by atoms with Crippen LogP contribution in [0, 0.1) is 0 Å². The van der Waals surface area contributed by atoms with Crippen LogP contribution in [-0.4, -0.2) is 34.8 Å². The van der Waals surface area contributed by atoms with Gasteiger partial charge in [0.1, 0.15) is 0 Å². The zero-order chi connectivity index (χ0) is 17.1. The quantitative estimate of drug-likeness (QED) is 0.759. The molecule has 3 heterocycles. The Morgan fingerprint density at radius 3 is 2.68 bits per heavy atom. The van der Waals surface area contributed by atoms with E-state index in [1.54, 1.807) is 11.3 Å². The lowest BCUT2D eigenvalue weighted by Crippen LogP contribution is -2.42. The van der Waals surface area contributed by atoms with Gasteiger partial charge in [-0.15, -0.1) is 11.3 Å². The first-order valence-corrected chi connectivity index (χ1v) is 9.40. The van der Waals surface area contributed by atoms with Gasteiger partial charge in [0.2, 0.25) is 0 Å². The van der Waals surface area contributed by atoms with Crippen molar-refractivity contribution in [3.05, 3.63) is 59.6 Å². The number of amides is 1. The number of carbonyl (C=O) groups excluding carboxylic acids is 1. The monoisotopic (exact) mass is 352 g/mol. The lowest BCUT2D eigenvalue weighted by molar-refractivity contribution is 0.0924. The van der Waals surface area contributed by atoms with Crippen LogP contribution in [0.25, 0.3) is 16.3 Å². The number of carbonyl (C=O) groups is 1. The van der Waals surface area contributed by atoms with Gasteiger partial charge in [0.05, 0.1) is 16.3 Å². The number of hydrogen-bond donors (Lipinski definition) is 2. The van der Waals surface area contributed by atoms with Crippen LogP contribution < -0.4 is 10.6 Å². The molecule has 0 saturated carbocycles. The van der Waals surface area contributed by atoms with Gasteiger partial charge < -0.3 is 10.6 Å². The van der Waals surface area contributed by atoms with Gasteiger partial charge in [-0.3, -0.25) is 4.79 Å². The van der Waals surface area contributed by atoms with Crippen molar-refractivity contribution in [2.45, 2.75) is 18.9 Å². The molecular formula is C19H20N4OS. The van der Waals surface area contributed by atoms with E-state index < -0.39 is 0 Å². The van der Waals surface area contributed by atoms with Gasteiger partial charge in [-0.25, -0.2) is 4.68 Å². The summed E-state index contributed by atoms with van der Waals surface area (Å²) in [5.41, 5.74) is 2.36. The van der Waals surface area contributed by atoms with Crippen LogP contribution in [0.5, 0.6) is 0 Å². The smallest absolute Gasteiger partial charge is 0.272 e. The lowest BCUT2D eigenvalue weighted by Gasteiger charge is -2.23. The van der Waals surface area contributed by atoms with Crippen LogP contribution in [0.3, 0.4) is 0 Å². The maximum absolute atomic E-state index is 12.7. The Labute approximate surface area is 150 Å². The van der Waals surface area contributed by atoms with E-state index in [-0.39, 0.29) is 11.9 Å². The molecule has 1 aliphatic heterocycles. The molecule has 6 heteroatoms. The van der Waals surface area contributed by atoms with Crippen molar-refractivity contribution in [3.8, 4) is 16.3 Å². The fraction of sp³-hybridized carbons (Fsp3) is 0.263. The maximum Gasteiger partial charge on any atom is 0.272 e. The van der Waals surface area contributed by atoms with E-state index in [1.165, 1.54) is 0 Å². The highest BCUT2D eigenvalue weighted by Gasteiger charge is 2.21. The Morgan fingerprint density at radius 2 is 1.96 bits per heavy atom. The molecule has 128 valence electrons. The summed E-state index contributed by atoms with van der Waals surface area (Å²) in [6.07, 6.45) is 1.92. The largest absolute Gasteiger partial charge is 0.348 e. The first-order chi connectivity index (χ1) is 12.3. The SMILES string of the molecule is O=C(NC1CCNCC1)c1cc(-c2cccs2)n(-c2ccccc2)n1. The van der Waals surface area contributed by atoms with Gasteiger partial charge in [0, 0.05) is 6.04 Å². The summed E-state index contributed by atoms with van der Waals surface area (Å²) in [5.74, 6) is -0.0978. The van der Waals surface area contributed by atoms with E-state index in [9.17, 15) is 4.79 Å². The molecule has 4 rings (SSSR count). The molecule has 3 aromatic rings. The van der Waals surface area contributed by atoms with Crippen LogP contribution in [0.15, 0.2) is 53.9 Å². The average molecular weight is 352 g/mol. The van der Waals surface area contributed by atoms with Crippen molar-refractivity contribution in [3.63, 3.8) is 0 Å². The first-order valence-electron chi connectivity index (χ1n) is 8.52. The third-order valence-corrected chi connectivity index (χ3v) is 5.28. The molecule has 0 aliphatic carbocycles. The van der Waals surface area contributed by atoms with E-state index >= 15 is 0 Å². The molecule has 0 spiro atoms. The molecule has 2 N–H and O–H groups in total. The summed E-state index contributed by atoms with van der Waals surface area (Å²) >= 11 is 1.64. The van der Waals surface area contributed by atoms with Gasteiger partial charge in [-0.1, -0.05) is 24.3 Å². The molecule has 2 aromatic heterocycles. The zero-order valence-corrected chi connectivity index (χ0v) is 14.6. The Balaban J connectivity index is 1.66. The van der Waals surface area contributed by atoms with E-state index in [0.29, 0.717) is 5.69 Å². The van der Waals surface area contributed by atoms with E-state index in [1.807, 2.05) is 52.5 Å². The zero-order valence-electron chi connectivity index (χ0n) is 13.8. The Morgan fingerprint density at radius 1 is 1.16 bits per heavy atom. The second kappa shape index (κ2) is 7.21. The summed E-state index contributed by atoms with van der Waals surface area (Å²) in [5, 5.41) is 13.1. The molecule has 0 radical (unpaired) electrons. The summed E-state index contributed by atoms with van der Waals surface area (Å²) in [7, 11) is 0. The van der Waals surface area contributed by atoms with E-state index in [0.717, 1.165) is 42.2 Å². The normalized spacial score (nSPS) is 15.2. The second-order valence-electron chi connectivity index (χ2n) is 6.14. The summed E-state index contributed by atoms with van der Waals surface area (Å²) in [4.78, 5) is 13.8. The second-order valence-corrected chi connectivity index (χ2v) is 7.08. The Hall–Kier alpha value is -2.44. The number of piperidine rings is 1. The third kappa shape index (κ3) is 3.50. The molecule has 1 saturated heterocycles. The number of thiophene rings is 1. The van der Waals surface area contributed by atoms with E-state index in [4.69, 9.17) is 0 Å². The molecule has 0 unspecified atom stereocenters. The highest BCUT2D eigenvalue weighted by atomic mass is 32.1. The molecular weight excluding hydrogens is 332 g/mol.